The van der Waals surface area contributed by atoms with Crippen molar-refractivity contribution in [2.75, 3.05) is 0 Å². The minimum Gasteiger partial charge on any atom is -0.465 e. The van der Waals surface area contributed by atoms with Gasteiger partial charge < -0.3 is 9.52 Å². The van der Waals surface area contributed by atoms with Crippen molar-refractivity contribution in [3.63, 3.8) is 0 Å². The zero-order valence-electron chi connectivity index (χ0n) is 8.66. The fourth-order valence-electron chi connectivity index (χ4n) is 1.53. The van der Waals surface area contributed by atoms with Crippen LogP contribution in [-0.2, 0) is 6.42 Å². The van der Waals surface area contributed by atoms with Crippen LogP contribution in [0.2, 0.25) is 5.02 Å². The molecule has 1 heterocycles. The average molecular weight is 320 g/mol. The van der Waals surface area contributed by atoms with Crippen molar-refractivity contribution >= 4 is 27.5 Å². The van der Waals surface area contributed by atoms with E-state index in [0.717, 1.165) is 0 Å². The number of furan rings is 1. The molecule has 17 heavy (non-hydrogen) atoms. The molecule has 0 aliphatic heterocycles. The molecule has 5 heteroatoms. The van der Waals surface area contributed by atoms with Crippen molar-refractivity contribution in [3.8, 4) is 0 Å². The maximum absolute atomic E-state index is 12.8. The van der Waals surface area contributed by atoms with Crippen LogP contribution in [0.25, 0.3) is 0 Å². The summed E-state index contributed by atoms with van der Waals surface area (Å²) >= 11 is 9.14. The first-order valence-corrected chi connectivity index (χ1v) is 6.10. The van der Waals surface area contributed by atoms with E-state index in [-0.39, 0.29) is 6.42 Å². The standard InChI is InChI=1S/C12H9BrClFO2/c13-9-3-4-17-12(9)11(16)5-7-1-2-8(15)6-10(7)14/h1-4,6,11,16H,5H2. The Hall–Kier alpha value is -0.840. The highest BCUT2D eigenvalue weighted by molar-refractivity contribution is 9.10. The molecule has 0 fully saturated rings. The van der Waals surface area contributed by atoms with Crippen LogP contribution in [0.3, 0.4) is 0 Å². The van der Waals surface area contributed by atoms with Crippen LogP contribution in [0.15, 0.2) is 39.4 Å². The van der Waals surface area contributed by atoms with Gasteiger partial charge in [-0.05, 0) is 39.7 Å². The third-order valence-corrected chi connectivity index (χ3v) is 3.38. The quantitative estimate of drug-likeness (QED) is 0.923. The largest absolute Gasteiger partial charge is 0.465 e. The van der Waals surface area contributed by atoms with Gasteiger partial charge >= 0.3 is 0 Å². The summed E-state index contributed by atoms with van der Waals surface area (Å²) in [6, 6.07) is 5.79. The molecule has 0 saturated carbocycles. The number of rotatable bonds is 3. The lowest BCUT2D eigenvalue weighted by molar-refractivity contribution is 0.149. The van der Waals surface area contributed by atoms with Gasteiger partial charge in [0, 0.05) is 11.4 Å². The van der Waals surface area contributed by atoms with Gasteiger partial charge in [-0.3, -0.25) is 0 Å². The fourth-order valence-corrected chi connectivity index (χ4v) is 2.24. The first kappa shape index (κ1) is 12.6. The molecule has 90 valence electrons. The van der Waals surface area contributed by atoms with Crippen LogP contribution in [0.4, 0.5) is 4.39 Å². The molecule has 0 amide bonds. The fraction of sp³-hybridized carbons (Fsp3) is 0.167. The smallest absolute Gasteiger partial charge is 0.146 e. The first-order valence-electron chi connectivity index (χ1n) is 4.93. The van der Waals surface area contributed by atoms with E-state index in [2.05, 4.69) is 15.9 Å². The Morgan fingerprint density at radius 1 is 1.41 bits per heavy atom. The van der Waals surface area contributed by atoms with E-state index in [0.29, 0.717) is 20.8 Å². The van der Waals surface area contributed by atoms with E-state index in [4.69, 9.17) is 16.0 Å². The van der Waals surface area contributed by atoms with Gasteiger partial charge in [0.15, 0.2) is 0 Å². The molecule has 2 rings (SSSR count). The van der Waals surface area contributed by atoms with E-state index in [1.807, 2.05) is 0 Å². The maximum atomic E-state index is 12.8. The van der Waals surface area contributed by atoms with Crippen molar-refractivity contribution in [1.29, 1.82) is 0 Å². The van der Waals surface area contributed by atoms with Crippen LogP contribution >= 0.6 is 27.5 Å². The molecule has 0 bridgehead atoms. The number of aliphatic hydroxyl groups excluding tert-OH is 1. The van der Waals surface area contributed by atoms with Crippen LogP contribution < -0.4 is 0 Å². The minimum atomic E-state index is -0.817. The van der Waals surface area contributed by atoms with Gasteiger partial charge in [-0.1, -0.05) is 17.7 Å². The van der Waals surface area contributed by atoms with Gasteiger partial charge in [-0.15, -0.1) is 0 Å². The minimum absolute atomic E-state index is 0.269. The Kier molecular flexibility index (Phi) is 3.86. The molecular formula is C12H9BrClFO2. The molecule has 0 aliphatic carbocycles. The number of hydrogen-bond donors (Lipinski definition) is 1. The van der Waals surface area contributed by atoms with Gasteiger partial charge in [0.2, 0.25) is 0 Å². The third-order valence-electron chi connectivity index (χ3n) is 2.38. The van der Waals surface area contributed by atoms with Gasteiger partial charge in [0.1, 0.15) is 17.7 Å². The molecular weight excluding hydrogens is 310 g/mol. The van der Waals surface area contributed by atoms with Crippen LogP contribution in [0.5, 0.6) is 0 Å². The highest BCUT2D eigenvalue weighted by atomic mass is 79.9. The van der Waals surface area contributed by atoms with E-state index < -0.39 is 11.9 Å². The molecule has 1 aromatic carbocycles. The summed E-state index contributed by atoms with van der Waals surface area (Å²) in [6.07, 6.45) is 0.933. The Bertz CT molecular complexity index is 527. The van der Waals surface area contributed by atoms with Gasteiger partial charge in [0.25, 0.3) is 0 Å². The van der Waals surface area contributed by atoms with Crippen molar-refractivity contribution in [1.82, 2.24) is 0 Å². The molecule has 2 nitrogen and oxygen atoms in total. The van der Waals surface area contributed by atoms with E-state index in [1.165, 1.54) is 18.4 Å². The second-order valence-corrected chi connectivity index (χ2v) is 4.85. The lowest BCUT2D eigenvalue weighted by Gasteiger charge is -2.10. The van der Waals surface area contributed by atoms with Gasteiger partial charge in [0.05, 0.1) is 10.7 Å². The van der Waals surface area contributed by atoms with Gasteiger partial charge in [-0.25, -0.2) is 4.39 Å². The third kappa shape index (κ3) is 2.89. The molecule has 1 N–H and O–H groups in total. The summed E-state index contributed by atoms with van der Waals surface area (Å²) in [5.74, 6) is 0.0396. The average Bonchev–Trinajstić information content (AvgIpc) is 2.68. The normalized spacial score (nSPS) is 12.7. The molecule has 1 unspecified atom stereocenters. The van der Waals surface area contributed by atoms with Gasteiger partial charge in [-0.2, -0.15) is 0 Å². The van der Waals surface area contributed by atoms with Crippen molar-refractivity contribution < 1.29 is 13.9 Å². The summed E-state index contributed by atoms with van der Waals surface area (Å²) in [4.78, 5) is 0. The van der Waals surface area contributed by atoms with Crippen molar-refractivity contribution in [3.05, 3.63) is 57.2 Å². The molecule has 2 aromatic rings. The lowest BCUT2D eigenvalue weighted by atomic mass is 10.1. The monoisotopic (exact) mass is 318 g/mol. The molecule has 1 atom stereocenters. The highest BCUT2D eigenvalue weighted by Gasteiger charge is 2.17. The molecule has 0 radical (unpaired) electrons. The predicted octanol–water partition coefficient (Wildman–Crippen LogP) is 4.11. The summed E-state index contributed by atoms with van der Waals surface area (Å²) < 4.78 is 18.7. The molecule has 1 aromatic heterocycles. The second kappa shape index (κ2) is 5.21. The molecule has 0 spiro atoms. The first-order chi connectivity index (χ1) is 8.08. The van der Waals surface area contributed by atoms with Crippen LogP contribution in [0, 0.1) is 5.82 Å². The SMILES string of the molecule is OC(Cc1ccc(F)cc1Cl)c1occc1Br. The summed E-state index contributed by atoms with van der Waals surface area (Å²) in [5.41, 5.74) is 0.670. The zero-order chi connectivity index (χ0) is 12.4. The number of hydrogen-bond acceptors (Lipinski definition) is 2. The highest BCUT2D eigenvalue weighted by Crippen LogP contribution is 2.29. The Balaban J connectivity index is 2.19. The summed E-state index contributed by atoms with van der Waals surface area (Å²) in [7, 11) is 0. The van der Waals surface area contributed by atoms with Crippen molar-refractivity contribution in [2.45, 2.75) is 12.5 Å². The number of halogens is 3. The summed E-state index contributed by atoms with van der Waals surface area (Å²) in [5, 5.41) is 10.3. The topological polar surface area (TPSA) is 33.4 Å². The van der Waals surface area contributed by atoms with E-state index in [1.54, 1.807) is 12.1 Å². The van der Waals surface area contributed by atoms with Crippen LogP contribution in [-0.4, -0.2) is 5.11 Å². The molecule has 0 saturated heterocycles. The Morgan fingerprint density at radius 2 is 2.18 bits per heavy atom. The molecule has 0 aliphatic rings. The second-order valence-electron chi connectivity index (χ2n) is 3.59. The van der Waals surface area contributed by atoms with Crippen LogP contribution in [0.1, 0.15) is 17.4 Å². The zero-order valence-corrected chi connectivity index (χ0v) is 11.0. The summed E-state index contributed by atoms with van der Waals surface area (Å²) in [6.45, 7) is 0. The van der Waals surface area contributed by atoms with E-state index >= 15 is 0 Å². The maximum Gasteiger partial charge on any atom is 0.146 e. The van der Waals surface area contributed by atoms with E-state index in [9.17, 15) is 9.50 Å². The number of aliphatic hydroxyl groups is 1. The number of benzene rings is 1. The van der Waals surface area contributed by atoms with Crippen molar-refractivity contribution in [2.24, 2.45) is 0 Å². The Labute approximate surface area is 111 Å². The predicted molar refractivity (Wildman–Crippen MR) is 66.5 cm³/mol. The lowest BCUT2D eigenvalue weighted by Crippen LogP contribution is -2.02. The Morgan fingerprint density at radius 3 is 2.76 bits per heavy atom.